The van der Waals surface area contributed by atoms with Crippen molar-refractivity contribution in [3.8, 4) is 0 Å². The summed E-state index contributed by atoms with van der Waals surface area (Å²) < 4.78 is 27.3. The summed E-state index contributed by atoms with van der Waals surface area (Å²) in [5.74, 6) is -2.36. The molecule has 0 aliphatic heterocycles. The Balaban J connectivity index is 1.68. The highest BCUT2D eigenvalue weighted by Gasteiger charge is 2.50. The Kier molecular flexibility index (Phi) is 11.5. The summed E-state index contributed by atoms with van der Waals surface area (Å²) in [7, 11) is 1.46. The van der Waals surface area contributed by atoms with E-state index in [0.29, 0.717) is 38.5 Å². The summed E-state index contributed by atoms with van der Waals surface area (Å²) >= 11 is 18.2. The van der Waals surface area contributed by atoms with E-state index >= 15 is 0 Å². The number of primary amides is 1. The summed E-state index contributed by atoms with van der Waals surface area (Å²) in [4.78, 5) is 27.3. The third-order valence-electron chi connectivity index (χ3n) is 8.37. The number of halogens is 3. The van der Waals surface area contributed by atoms with Crippen molar-refractivity contribution < 1.29 is 23.1 Å². The van der Waals surface area contributed by atoms with Crippen LogP contribution in [0.2, 0.25) is 15.1 Å². The average molecular weight is 647 g/mol. The van der Waals surface area contributed by atoms with Crippen LogP contribution in [0.3, 0.4) is 0 Å². The van der Waals surface area contributed by atoms with Crippen molar-refractivity contribution in [3.05, 3.63) is 63.1 Å². The number of rotatable bonds is 13. The zero-order valence-electron chi connectivity index (χ0n) is 23.5. The van der Waals surface area contributed by atoms with Crippen LogP contribution >= 0.6 is 34.8 Å². The van der Waals surface area contributed by atoms with E-state index in [1.165, 1.54) is 24.7 Å². The molecule has 1 saturated carbocycles. The molecular weight excluding hydrogens is 609 g/mol. The van der Waals surface area contributed by atoms with E-state index < -0.39 is 33.2 Å². The Bertz CT molecular complexity index is 1310. The van der Waals surface area contributed by atoms with Crippen LogP contribution in [0, 0.1) is 17.3 Å². The number of nitrogens with two attached hydrogens (primary N) is 1. The minimum Gasteiger partial charge on any atom is -0.481 e. The highest BCUT2D eigenvalue weighted by molar-refractivity contribution is 7.89. The van der Waals surface area contributed by atoms with Crippen LogP contribution in [0.15, 0.2) is 47.4 Å². The van der Waals surface area contributed by atoms with E-state index in [4.69, 9.17) is 40.5 Å². The molecule has 1 fully saturated rings. The number of unbranched alkanes of at least 4 members (excludes halogenated alkanes) is 1. The van der Waals surface area contributed by atoms with E-state index in [1.54, 1.807) is 0 Å². The van der Waals surface area contributed by atoms with Crippen LogP contribution in [0.4, 0.5) is 0 Å². The second kappa shape index (κ2) is 14.1. The number of hydrogen-bond acceptors (Lipinski definition) is 5. The number of carbonyl (C=O) groups is 2. The van der Waals surface area contributed by atoms with Crippen molar-refractivity contribution >= 4 is 56.7 Å². The molecule has 0 bridgehead atoms. The molecule has 2 unspecified atom stereocenters. The standard InChI is InChI=1S/C29H38Cl3N3O5S/c1-34(2)25(19-9-5-4-6-10-19)20-12-14-29(15-13-20,28(33)38)22(27(36)37)11-7-8-16-35(3)41(39,40)26-23(31)17-21(30)18-24(26)32/h4-6,9-10,17-18,20,22,25H,7-8,11-16H2,1-3H3,(H2,33,38)(H,36,37). The zero-order chi connectivity index (χ0) is 30.5. The minimum atomic E-state index is -4.01. The van der Waals surface area contributed by atoms with E-state index in [0.717, 1.165) is 4.31 Å². The topological polar surface area (TPSA) is 121 Å². The second-order valence-electron chi connectivity index (χ2n) is 11.1. The lowest BCUT2D eigenvalue weighted by Gasteiger charge is -2.44. The number of carbonyl (C=O) groups excluding carboxylic acids is 1. The maximum absolute atomic E-state index is 13.1. The monoisotopic (exact) mass is 645 g/mol. The Morgan fingerprint density at radius 3 is 2.07 bits per heavy atom. The third-order valence-corrected chi connectivity index (χ3v) is 11.4. The van der Waals surface area contributed by atoms with Gasteiger partial charge in [0.1, 0.15) is 4.90 Å². The molecule has 12 heteroatoms. The van der Waals surface area contributed by atoms with Gasteiger partial charge in [0.25, 0.3) is 0 Å². The molecule has 0 aromatic heterocycles. The first-order chi connectivity index (χ1) is 19.2. The summed E-state index contributed by atoms with van der Waals surface area (Å²) in [6.07, 6.45) is 3.10. The molecule has 1 aliphatic rings. The number of amides is 1. The lowest BCUT2D eigenvalue weighted by molar-refractivity contribution is -0.155. The maximum atomic E-state index is 13.1. The minimum absolute atomic E-state index is 0.0805. The Morgan fingerprint density at radius 1 is 1.02 bits per heavy atom. The van der Waals surface area contributed by atoms with E-state index in [2.05, 4.69) is 17.0 Å². The van der Waals surface area contributed by atoms with Gasteiger partial charge in [0.15, 0.2) is 0 Å². The predicted molar refractivity (Wildman–Crippen MR) is 163 cm³/mol. The first kappa shape index (κ1) is 33.6. The van der Waals surface area contributed by atoms with Crippen molar-refractivity contribution in [3.63, 3.8) is 0 Å². The second-order valence-corrected chi connectivity index (χ2v) is 14.3. The fourth-order valence-corrected chi connectivity index (χ4v) is 8.94. The van der Waals surface area contributed by atoms with Crippen molar-refractivity contribution in [1.82, 2.24) is 9.21 Å². The molecule has 2 aromatic carbocycles. The number of aliphatic carboxylic acids is 1. The summed E-state index contributed by atoms with van der Waals surface area (Å²) in [6.45, 7) is 0.108. The van der Waals surface area contributed by atoms with Gasteiger partial charge in [0.2, 0.25) is 15.9 Å². The number of sulfonamides is 1. The van der Waals surface area contributed by atoms with E-state index in [9.17, 15) is 23.1 Å². The summed E-state index contributed by atoms with van der Waals surface area (Å²) in [5.41, 5.74) is 5.94. The number of carboxylic acids is 1. The SMILES string of the molecule is CN(C)C(c1ccccc1)C1CCC(C(N)=O)(C(CCCCN(C)S(=O)(=O)c2c(Cl)cc(Cl)cc2Cl)C(=O)O)CC1. The number of carboxylic acid groups (broad SMARTS) is 1. The molecule has 3 rings (SSSR count). The maximum Gasteiger partial charge on any atom is 0.307 e. The van der Waals surface area contributed by atoms with Gasteiger partial charge in [-0.1, -0.05) is 71.6 Å². The van der Waals surface area contributed by atoms with Gasteiger partial charge >= 0.3 is 5.97 Å². The van der Waals surface area contributed by atoms with Gasteiger partial charge in [-0.05, 0) is 76.2 Å². The molecule has 1 aliphatic carbocycles. The Hall–Kier alpha value is -1.88. The Labute approximate surface area is 257 Å². The molecule has 2 atom stereocenters. The Morgan fingerprint density at radius 2 is 1.59 bits per heavy atom. The smallest absolute Gasteiger partial charge is 0.307 e. The van der Waals surface area contributed by atoms with Crippen LogP contribution < -0.4 is 5.73 Å². The van der Waals surface area contributed by atoms with Crippen LogP contribution in [-0.4, -0.2) is 62.3 Å². The molecule has 0 spiro atoms. The summed E-state index contributed by atoms with van der Waals surface area (Å²) in [6, 6.07) is 12.9. The number of benzene rings is 2. The van der Waals surface area contributed by atoms with Gasteiger partial charge in [0.05, 0.1) is 21.4 Å². The molecule has 0 saturated heterocycles. The lowest BCUT2D eigenvalue weighted by Crippen LogP contribution is -2.49. The molecule has 226 valence electrons. The van der Waals surface area contributed by atoms with E-state index in [-0.39, 0.29) is 44.9 Å². The zero-order valence-corrected chi connectivity index (χ0v) is 26.6. The lowest BCUT2D eigenvalue weighted by atomic mass is 9.60. The normalized spacial score (nSPS) is 21.1. The first-order valence-corrected chi connectivity index (χ1v) is 16.1. The fourth-order valence-electron chi connectivity index (χ4n) is 6.25. The molecule has 0 heterocycles. The van der Waals surface area contributed by atoms with Gasteiger partial charge in [0, 0.05) is 24.7 Å². The number of hydrogen-bond donors (Lipinski definition) is 2. The largest absolute Gasteiger partial charge is 0.481 e. The molecule has 1 amide bonds. The van der Waals surface area contributed by atoms with Crippen molar-refractivity contribution in [2.24, 2.45) is 23.0 Å². The van der Waals surface area contributed by atoms with Crippen molar-refractivity contribution in [2.75, 3.05) is 27.7 Å². The van der Waals surface area contributed by atoms with Crippen LogP contribution in [-0.2, 0) is 19.6 Å². The van der Waals surface area contributed by atoms with E-state index in [1.807, 2.05) is 32.3 Å². The fraction of sp³-hybridized carbons (Fsp3) is 0.517. The van der Waals surface area contributed by atoms with Crippen molar-refractivity contribution in [1.29, 1.82) is 0 Å². The highest BCUT2D eigenvalue weighted by atomic mass is 35.5. The predicted octanol–water partition coefficient (Wildman–Crippen LogP) is 6.10. The molecule has 41 heavy (non-hydrogen) atoms. The molecule has 3 N–H and O–H groups in total. The van der Waals surface area contributed by atoms with Crippen molar-refractivity contribution in [2.45, 2.75) is 55.9 Å². The van der Waals surface area contributed by atoms with Crippen LogP contribution in [0.25, 0.3) is 0 Å². The average Bonchev–Trinajstić information content (AvgIpc) is 2.88. The van der Waals surface area contributed by atoms with Gasteiger partial charge in [-0.15, -0.1) is 0 Å². The van der Waals surface area contributed by atoms with Gasteiger partial charge < -0.3 is 15.7 Å². The third kappa shape index (κ3) is 7.56. The summed E-state index contributed by atoms with van der Waals surface area (Å²) in [5, 5.41) is 10.2. The molecule has 0 radical (unpaired) electrons. The first-order valence-electron chi connectivity index (χ1n) is 13.6. The highest BCUT2D eigenvalue weighted by Crippen LogP contribution is 2.50. The molecular formula is C29H38Cl3N3O5S. The number of nitrogens with zero attached hydrogens (tertiary/aromatic N) is 2. The molecule has 2 aromatic rings. The quantitative estimate of drug-likeness (QED) is 0.254. The van der Waals surface area contributed by atoms with Crippen LogP contribution in [0.5, 0.6) is 0 Å². The van der Waals surface area contributed by atoms with Gasteiger partial charge in [-0.2, -0.15) is 0 Å². The molecule has 8 nitrogen and oxygen atoms in total. The van der Waals surface area contributed by atoms with Crippen LogP contribution in [0.1, 0.15) is 56.6 Å². The van der Waals surface area contributed by atoms with Gasteiger partial charge in [-0.3, -0.25) is 9.59 Å². The van der Waals surface area contributed by atoms with Gasteiger partial charge in [-0.25, -0.2) is 12.7 Å².